The van der Waals surface area contributed by atoms with E-state index in [9.17, 15) is 9.59 Å². The first-order chi connectivity index (χ1) is 8.20. The van der Waals surface area contributed by atoms with E-state index in [-0.39, 0.29) is 11.9 Å². The van der Waals surface area contributed by atoms with Gasteiger partial charge in [0.1, 0.15) is 0 Å². The summed E-state index contributed by atoms with van der Waals surface area (Å²) in [6, 6.07) is 9.22. The third-order valence-corrected chi connectivity index (χ3v) is 2.70. The molecule has 5 nitrogen and oxygen atoms in total. The minimum atomic E-state index is -0.502. The average Bonchev–Trinajstić information content (AvgIpc) is 2.71. The second-order valence-corrected chi connectivity index (χ2v) is 3.88. The van der Waals surface area contributed by atoms with Gasteiger partial charge >= 0.3 is 6.09 Å². The number of nitrogens with one attached hydrogen (secondary N) is 1. The predicted octanol–water partition coefficient (Wildman–Crippen LogP) is 1.15. The van der Waals surface area contributed by atoms with Crippen molar-refractivity contribution in [3.05, 3.63) is 30.3 Å². The zero-order chi connectivity index (χ0) is 12.3. The van der Waals surface area contributed by atoms with Crippen LogP contribution in [0.5, 0.6) is 0 Å². The fraction of sp³-hybridized carbons (Fsp3) is 0.333. The zero-order valence-electron chi connectivity index (χ0n) is 9.55. The van der Waals surface area contributed by atoms with Gasteiger partial charge in [-0.05, 0) is 12.1 Å². The van der Waals surface area contributed by atoms with Gasteiger partial charge in [0.2, 0.25) is 5.91 Å². The van der Waals surface area contributed by atoms with E-state index < -0.39 is 6.09 Å². The highest BCUT2D eigenvalue weighted by Gasteiger charge is 2.31. The fourth-order valence-electron chi connectivity index (χ4n) is 1.89. The first kappa shape index (κ1) is 11.4. The lowest BCUT2D eigenvalue weighted by Crippen LogP contribution is -2.37. The normalized spacial score (nSPS) is 19.2. The van der Waals surface area contributed by atoms with E-state index in [1.807, 2.05) is 30.3 Å². The highest BCUT2D eigenvalue weighted by molar-refractivity contribution is 5.96. The van der Waals surface area contributed by atoms with Gasteiger partial charge < -0.3 is 15.0 Å². The Hall–Kier alpha value is -2.04. The maximum absolute atomic E-state index is 11.8. The Morgan fingerprint density at radius 3 is 2.76 bits per heavy atom. The van der Waals surface area contributed by atoms with Crippen LogP contribution >= 0.6 is 0 Å². The van der Waals surface area contributed by atoms with Gasteiger partial charge in [0.15, 0.2) is 0 Å². The van der Waals surface area contributed by atoms with Gasteiger partial charge in [0.05, 0.1) is 13.2 Å². The Balaban J connectivity index is 2.03. The summed E-state index contributed by atoms with van der Waals surface area (Å²) < 4.78 is 4.51. The van der Waals surface area contributed by atoms with Crippen molar-refractivity contribution in [1.82, 2.24) is 5.32 Å². The lowest BCUT2D eigenvalue weighted by atomic mass is 10.3. The molecule has 90 valence electrons. The second kappa shape index (κ2) is 4.86. The van der Waals surface area contributed by atoms with Crippen LogP contribution in [0, 0.1) is 0 Å². The third kappa shape index (κ3) is 2.55. The molecule has 1 saturated heterocycles. The van der Waals surface area contributed by atoms with Crippen molar-refractivity contribution in [1.29, 1.82) is 0 Å². The maximum atomic E-state index is 11.8. The lowest BCUT2D eigenvalue weighted by molar-refractivity contribution is -0.117. The number of carbonyl (C=O) groups is 2. The van der Waals surface area contributed by atoms with Crippen LogP contribution in [0.15, 0.2) is 30.3 Å². The summed E-state index contributed by atoms with van der Waals surface area (Å²) in [5, 5.41) is 2.64. The van der Waals surface area contributed by atoms with Crippen molar-refractivity contribution < 1.29 is 14.3 Å². The largest absolute Gasteiger partial charge is 0.453 e. The summed E-state index contributed by atoms with van der Waals surface area (Å²) in [7, 11) is 1.31. The Morgan fingerprint density at radius 2 is 2.12 bits per heavy atom. The van der Waals surface area contributed by atoms with Crippen molar-refractivity contribution >= 4 is 17.7 Å². The van der Waals surface area contributed by atoms with E-state index >= 15 is 0 Å². The minimum Gasteiger partial charge on any atom is -0.453 e. The Morgan fingerprint density at radius 1 is 1.41 bits per heavy atom. The van der Waals surface area contributed by atoms with Crippen LogP contribution in [0.2, 0.25) is 0 Å². The topological polar surface area (TPSA) is 58.6 Å². The van der Waals surface area contributed by atoms with Crippen molar-refractivity contribution in [3.63, 3.8) is 0 Å². The summed E-state index contributed by atoms with van der Waals surface area (Å²) in [6.07, 6.45) is -0.193. The van der Waals surface area contributed by atoms with Gasteiger partial charge in [-0.2, -0.15) is 0 Å². The standard InChI is InChI=1S/C12H14N2O3/c1-17-12(16)13-9-7-11(15)14(8-9)10-5-3-2-4-6-10/h2-6,9H,7-8H2,1H3,(H,13,16)/t9-/m0/s1. The molecule has 1 aromatic rings. The summed E-state index contributed by atoms with van der Waals surface area (Å²) in [6.45, 7) is 0.484. The average molecular weight is 234 g/mol. The van der Waals surface area contributed by atoms with Crippen LogP contribution in [0.3, 0.4) is 0 Å². The third-order valence-electron chi connectivity index (χ3n) is 2.70. The molecule has 0 aliphatic carbocycles. The van der Waals surface area contributed by atoms with Gasteiger partial charge in [0, 0.05) is 18.7 Å². The summed E-state index contributed by atoms with van der Waals surface area (Å²) in [4.78, 5) is 24.5. The number of hydrogen-bond donors (Lipinski definition) is 1. The van der Waals surface area contributed by atoms with Crippen LogP contribution in [-0.4, -0.2) is 31.7 Å². The van der Waals surface area contributed by atoms with E-state index in [1.54, 1.807) is 4.90 Å². The first-order valence-electron chi connectivity index (χ1n) is 5.40. The zero-order valence-corrected chi connectivity index (χ0v) is 9.55. The van der Waals surface area contributed by atoms with Gasteiger partial charge in [-0.15, -0.1) is 0 Å². The molecule has 1 heterocycles. The second-order valence-electron chi connectivity index (χ2n) is 3.88. The monoisotopic (exact) mass is 234 g/mol. The van der Waals surface area contributed by atoms with E-state index in [1.165, 1.54) is 7.11 Å². The van der Waals surface area contributed by atoms with Crippen molar-refractivity contribution in [2.45, 2.75) is 12.5 Å². The van der Waals surface area contributed by atoms with Gasteiger partial charge in [-0.1, -0.05) is 18.2 Å². The molecule has 0 saturated carbocycles. The molecule has 0 bridgehead atoms. The van der Waals surface area contributed by atoms with Gasteiger partial charge in [0.25, 0.3) is 0 Å². The number of benzene rings is 1. The molecule has 1 aliphatic rings. The van der Waals surface area contributed by atoms with Gasteiger partial charge in [-0.3, -0.25) is 4.79 Å². The molecule has 5 heteroatoms. The Bertz CT molecular complexity index is 419. The number of anilines is 1. The number of alkyl carbamates (subject to hydrolysis) is 1. The number of methoxy groups -OCH3 is 1. The maximum Gasteiger partial charge on any atom is 0.407 e. The van der Waals surface area contributed by atoms with Crippen LogP contribution in [0.25, 0.3) is 0 Å². The number of carbonyl (C=O) groups excluding carboxylic acids is 2. The molecule has 0 spiro atoms. The molecule has 1 N–H and O–H groups in total. The van der Waals surface area contributed by atoms with E-state index in [2.05, 4.69) is 10.1 Å². The first-order valence-corrected chi connectivity index (χ1v) is 5.40. The number of hydrogen-bond acceptors (Lipinski definition) is 3. The SMILES string of the molecule is COC(=O)N[C@H]1CC(=O)N(c2ccccc2)C1. The highest BCUT2D eigenvalue weighted by Crippen LogP contribution is 2.20. The van der Waals surface area contributed by atoms with E-state index in [0.717, 1.165) is 5.69 Å². The van der Waals surface area contributed by atoms with E-state index in [4.69, 9.17) is 0 Å². The number of amides is 2. The van der Waals surface area contributed by atoms with Crippen molar-refractivity contribution in [2.75, 3.05) is 18.6 Å². The van der Waals surface area contributed by atoms with Crippen molar-refractivity contribution in [3.8, 4) is 0 Å². The molecule has 0 radical (unpaired) electrons. The van der Waals surface area contributed by atoms with Crippen LogP contribution in [0.1, 0.15) is 6.42 Å². The molecule has 1 aromatic carbocycles. The molecule has 0 aromatic heterocycles. The molecule has 1 fully saturated rings. The van der Waals surface area contributed by atoms with Gasteiger partial charge in [-0.25, -0.2) is 4.79 Å². The van der Waals surface area contributed by atoms with Crippen LogP contribution < -0.4 is 10.2 Å². The van der Waals surface area contributed by atoms with Crippen molar-refractivity contribution in [2.24, 2.45) is 0 Å². The molecule has 2 rings (SSSR count). The number of rotatable bonds is 2. The molecule has 1 aliphatic heterocycles. The summed E-state index contributed by atoms with van der Waals surface area (Å²) in [5.41, 5.74) is 0.853. The minimum absolute atomic E-state index is 0.0117. The lowest BCUT2D eigenvalue weighted by Gasteiger charge is -2.16. The fourth-order valence-corrected chi connectivity index (χ4v) is 1.89. The molecule has 0 unspecified atom stereocenters. The predicted molar refractivity (Wildman–Crippen MR) is 62.7 cm³/mol. The number of nitrogens with zero attached hydrogens (tertiary/aromatic N) is 1. The smallest absolute Gasteiger partial charge is 0.407 e. The summed E-state index contributed by atoms with van der Waals surface area (Å²) >= 11 is 0. The molecular weight excluding hydrogens is 220 g/mol. The van der Waals surface area contributed by atoms with E-state index in [0.29, 0.717) is 13.0 Å². The molecular formula is C12H14N2O3. The quantitative estimate of drug-likeness (QED) is 0.835. The Kier molecular flexibility index (Phi) is 3.27. The highest BCUT2D eigenvalue weighted by atomic mass is 16.5. The molecule has 17 heavy (non-hydrogen) atoms. The molecule has 2 amide bonds. The Labute approximate surface area is 99.4 Å². The summed E-state index contributed by atoms with van der Waals surface area (Å²) in [5.74, 6) is 0.0117. The molecule has 1 atom stereocenters. The van der Waals surface area contributed by atoms with Crippen LogP contribution in [-0.2, 0) is 9.53 Å². The number of ether oxygens (including phenoxy) is 1. The number of para-hydroxylation sites is 1. The van der Waals surface area contributed by atoms with Crippen LogP contribution in [0.4, 0.5) is 10.5 Å².